The lowest BCUT2D eigenvalue weighted by atomic mass is 10.0. The second kappa shape index (κ2) is 6.43. The summed E-state index contributed by atoms with van der Waals surface area (Å²) in [5.41, 5.74) is 5.25. The Balaban J connectivity index is 1.77. The molecule has 0 unspecified atom stereocenters. The molecule has 0 aliphatic rings. The van der Waals surface area contributed by atoms with Gasteiger partial charge in [-0.2, -0.15) is 0 Å². The van der Waals surface area contributed by atoms with Crippen molar-refractivity contribution in [2.75, 3.05) is 0 Å². The van der Waals surface area contributed by atoms with Gasteiger partial charge in [-0.05, 0) is 49.4 Å². The first kappa shape index (κ1) is 16.6. The Bertz CT molecular complexity index is 1110. The molecule has 0 saturated carbocycles. The van der Waals surface area contributed by atoms with Crippen molar-refractivity contribution in [1.29, 1.82) is 0 Å². The smallest absolute Gasteiger partial charge is 0.193 e. The number of carbonyl (C=O) groups is 1. The number of aromatic nitrogens is 2. The van der Waals surface area contributed by atoms with E-state index in [0.717, 1.165) is 28.0 Å². The molecular formula is C22H17ClN2O. The number of halogens is 1. The molecule has 26 heavy (non-hydrogen) atoms. The maximum absolute atomic E-state index is 12.8. The molecule has 0 aliphatic heterocycles. The number of nitrogens with zero attached hydrogens (tertiary/aromatic N) is 2. The fourth-order valence-electron chi connectivity index (χ4n) is 3.06. The van der Waals surface area contributed by atoms with Gasteiger partial charge in [0.1, 0.15) is 5.82 Å². The van der Waals surface area contributed by atoms with Crippen LogP contribution in [-0.4, -0.2) is 15.3 Å². The molecule has 3 aromatic carbocycles. The molecule has 0 radical (unpaired) electrons. The molecule has 0 N–H and O–H groups in total. The van der Waals surface area contributed by atoms with Gasteiger partial charge in [0.15, 0.2) is 5.78 Å². The van der Waals surface area contributed by atoms with Crippen molar-refractivity contribution in [2.24, 2.45) is 7.05 Å². The van der Waals surface area contributed by atoms with E-state index in [-0.39, 0.29) is 5.78 Å². The molecule has 0 amide bonds. The first-order chi connectivity index (χ1) is 12.5. The summed E-state index contributed by atoms with van der Waals surface area (Å²) in [6.45, 7) is 2.01. The second-order valence-corrected chi connectivity index (χ2v) is 6.84. The number of imidazole rings is 1. The third kappa shape index (κ3) is 2.91. The van der Waals surface area contributed by atoms with E-state index in [1.54, 1.807) is 0 Å². The summed E-state index contributed by atoms with van der Waals surface area (Å²) in [7, 11) is 1.96. The van der Waals surface area contributed by atoms with Crippen molar-refractivity contribution in [3.05, 3.63) is 88.4 Å². The monoisotopic (exact) mass is 360 g/mol. The topological polar surface area (TPSA) is 34.9 Å². The third-order valence-electron chi connectivity index (χ3n) is 4.56. The lowest BCUT2D eigenvalue weighted by molar-refractivity contribution is 0.103. The molecule has 0 spiro atoms. The lowest BCUT2D eigenvalue weighted by Crippen LogP contribution is -2.01. The molecule has 0 atom stereocenters. The van der Waals surface area contributed by atoms with Crippen LogP contribution in [-0.2, 0) is 7.05 Å². The molecule has 0 aliphatic carbocycles. The van der Waals surface area contributed by atoms with Gasteiger partial charge in [0.25, 0.3) is 0 Å². The molecule has 0 saturated heterocycles. The molecule has 4 heteroatoms. The van der Waals surface area contributed by atoms with Crippen molar-refractivity contribution >= 4 is 28.4 Å². The van der Waals surface area contributed by atoms with E-state index < -0.39 is 0 Å². The summed E-state index contributed by atoms with van der Waals surface area (Å²) in [5, 5.41) is 0.693. The molecular weight excluding hydrogens is 344 g/mol. The fourth-order valence-corrected chi connectivity index (χ4v) is 3.19. The molecule has 3 nitrogen and oxygen atoms in total. The maximum atomic E-state index is 12.8. The van der Waals surface area contributed by atoms with E-state index in [9.17, 15) is 4.79 Å². The number of hydrogen-bond donors (Lipinski definition) is 0. The normalized spacial score (nSPS) is 11.0. The zero-order valence-corrected chi connectivity index (χ0v) is 15.3. The summed E-state index contributed by atoms with van der Waals surface area (Å²) in [6.07, 6.45) is 0. The summed E-state index contributed by atoms with van der Waals surface area (Å²) in [6, 6.07) is 20.9. The van der Waals surface area contributed by atoms with Gasteiger partial charge in [-0.15, -0.1) is 0 Å². The van der Waals surface area contributed by atoms with E-state index in [1.165, 1.54) is 0 Å². The minimum absolute atomic E-state index is 0.0149. The van der Waals surface area contributed by atoms with Crippen molar-refractivity contribution < 1.29 is 4.79 Å². The minimum Gasteiger partial charge on any atom is -0.327 e. The van der Waals surface area contributed by atoms with Crippen LogP contribution in [0.15, 0.2) is 66.7 Å². The quantitative estimate of drug-likeness (QED) is 0.456. The number of benzene rings is 3. The van der Waals surface area contributed by atoms with E-state index in [2.05, 4.69) is 0 Å². The first-order valence-electron chi connectivity index (χ1n) is 8.37. The predicted molar refractivity (Wildman–Crippen MR) is 106 cm³/mol. The van der Waals surface area contributed by atoms with Crippen LogP contribution in [0.5, 0.6) is 0 Å². The number of ketones is 1. The number of hydrogen-bond acceptors (Lipinski definition) is 2. The predicted octanol–water partition coefficient (Wildman–Crippen LogP) is 5.43. The summed E-state index contributed by atoms with van der Waals surface area (Å²) >= 11 is 5.98. The number of fused-ring (bicyclic) bond motifs is 1. The highest BCUT2D eigenvalue weighted by Gasteiger charge is 2.14. The van der Waals surface area contributed by atoms with Gasteiger partial charge in [-0.1, -0.05) is 41.4 Å². The largest absolute Gasteiger partial charge is 0.327 e. The van der Waals surface area contributed by atoms with E-state index in [4.69, 9.17) is 16.6 Å². The Morgan fingerprint density at radius 1 is 0.923 bits per heavy atom. The van der Waals surface area contributed by atoms with E-state index in [0.29, 0.717) is 16.1 Å². The second-order valence-electron chi connectivity index (χ2n) is 6.40. The highest BCUT2D eigenvalue weighted by Crippen LogP contribution is 2.26. The van der Waals surface area contributed by atoms with Crippen molar-refractivity contribution in [2.45, 2.75) is 6.92 Å². The summed E-state index contributed by atoms with van der Waals surface area (Å²) < 4.78 is 2.00. The van der Waals surface area contributed by atoms with Gasteiger partial charge < -0.3 is 4.57 Å². The maximum Gasteiger partial charge on any atom is 0.193 e. The van der Waals surface area contributed by atoms with E-state index >= 15 is 0 Å². The molecule has 4 aromatic rings. The van der Waals surface area contributed by atoms with Crippen molar-refractivity contribution in [1.82, 2.24) is 9.55 Å². The first-order valence-corrected chi connectivity index (χ1v) is 8.74. The van der Waals surface area contributed by atoms with Crippen LogP contribution >= 0.6 is 11.6 Å². The van der Waals surface area contributed by atoms with Gasteiger partial charge in [0, 0.05) is 28.8 Å². The van der Waals surface area contributed by atoms with Crippen LogP contribution in [0.3, 0.4) is 0 Å². The number of rotatable bonds is 3. The van der Waals surface area contributed by atoms with Crippen LogP contribution in [0.4, 0.5) is 0 Å². The molecule has 4 rings (SSSR count). The Morgan fingerprint density at radius 3 is 2.27 bits per heavy atom. The zero-order chi connectivity index (χ0) is 18.3. The average molecular weight is 361 g/mol. The molecule has 128 valence electrons. The summed E-state index contributed by atoms with van der Waals surface area (Å²) in [4.78, 5) is 17.5. The van der Waals surface area contributed by atoms with Gasteiger partial charge in [-0.3, -0.25) is 4.79 Å². The van der Waals surface area contributed by atoms with Crippen LogP contribution in [0.2, 0.25) is 5.02 Å². The van der Waals surface area contributed by atoms with Gasteiger partial charge in [0.05, 0.1) is 11.0 Å². The number of carbonyl (C=O) groups excluding carboxylic acids is 1. The number of aryl methyl sites for hydroxylation is 2. The van der Waals surface area contributed by atoms with Crippen LogP contribution in [0.1, 0.15) is 21.5 Å². The fraction of sp³-hybridized carbons (Fsp3) is 0.0909. The molecule has 1 heterocycles. The van der Waals surface area contributed by atoms with Gasteiger partial charge in [-0.25, -0.2) is 4.98 Å². The minimum atomic E-state index is 0.0149. The lowest BCUT2D eigenvalue weighted by Gasteiger charge is -2.04. The Kier molecular flexibility index (Phi) is 4.09. The Morgan fingerprint density at radius 2 is 1.58 bits per heavy atom. The Hall–Kier alpha value is -2.91. The third-order valence-corrected chi connectivity index (χ3v) is 4.81. The zero-order valence-electron chi connectivity index (χ0n) is 14.5. The average Bonchev–Trinajstić information content (AvgIpc) is 2.99. The van der Waals surface area contributed by atoms with Gasteiger partial charge >= 0.3 is 0 Å². The van der Waals surface area contributed by atoms with Crippen molar-refractivity contribution in [3.8, 4) is 11.4 Å². The molecule has 1 aromatic heterocycles. The van der Waals surface area contributed by atoms with E-state index in [1.807, 2.05) is 85.3 Å². The Labute approximate surface area is 156 Å². The molecule has 0 fully saturated rings. The van der Waals surface area contributed by atoms with Crippen molar-refractivity contribution in [3.63, 3.8) is 0 Å². The standard InChI is InChI=1S/C22H17ClN2O/c1-14-3-5-15(6-4-14)21(26)17-9-12-19-20(13-17)25(2)22(24-19)16-7-10-18(23)11-8-16/h3-13H,1-2H3. The SMILES string of the molecule is Cc1ccc(C(=O)c2ccc3nc(-c4ccc(Cl)cc4)n(C)c3c2)cc1. The molecule has 0 bridgehead atoms. The highest BCUT2D eigenvalue weighted by atomic mass is 35.5. The van der Waals surface area contributed by atoms with Crippen LogP contribution in [0.25, 0.3) is 22.4 Å². The highest BCUT2D eigenvalue weighted by molar-refractivity contribution is 6.30. The summed E-state index contributed by atoms with van der Waals surface area (Å²) in [5.74, 6) is 0.859. The van der Waals surface area contributed by atoms with Gasteiger partial charge in [0.2, 0.25) is 0 Å². The van der Waals surface area contributed by atoms with Crippen LogP contribution in [0, 0.1) is 6.92 Å². The van der Waals surface area contributed by atoms with Crippen LogP contribution < -0.4 is 0 Å².